The van der Waals surface area contributed by atoms with Gasteiger partial charge in [-0.1, -0.05) is 48.5 Å². The van der Waals surface area contributed by atoms with Crippen molar-refractivity contribution in [1.82, 2.24) is 29.9 Å². The van der Waals surface area contributed by atoms with E-state index in [0.29, 0.717) is 11.8 Å². The lowest BCUT2D eigenvalue weighted by Gasteiger charge is -2.22. The van der Waals surface area contributed by atoms with E-state index in [1.165, 1.54) is 5.56 Å². The first-order valence-corrected chi connectivity index (χ1v) is 14.6. The molecular weight excluding hydrogens is 520 g/mol. The Morgan fingerprint density at radius 2 is 1.36 bits per heavy atom. The Morgan fingerprint density at radius 3 is 2.05 bits per heavy atom. The summed E-state index contributed by atoms with van der Waals surface area (Å²) in [5.41, 5.74) is 7.11. The van der Waals surface area contributed by atoms with Crippen molar-refractivity contribution in [1.29, 1.82) is 0 Å². The molecular formula is C34H36N8. The Bertz CT molecular complexity index is 1910. The van der Waals surface area contributed by atoms with Crippen LogP contribution in [0.4, 0.5) is 11.6 Å². The predicted molar refractivity (Wildman–Crippen MR) is 171 cm³/mol. The van der Waals surface area contributed by atoms with Crippen LogP contribution >= 0.6 is 0 Å². The van der Waals surface area contributed by atoms with E-state index in [1.54, 1.807) is 0 Å². The van der Waals surface area contributed by atoms with E-state index in [2.05, 4.69) is 91.6 Å². The maximum absolute atomic E-state index is 4.98. The minimum atomic E-state index is -0.115. The molecule has 2 unspecified atom stereocenters. The molecule has 0 aliphatic heterocycles. The molecule has 0 spiro atoms. The highest BCUT2D eigenvalue weighted by Gasteiger charge is 2.38. The van der Waals surface area contributed by atoms with E-state index in [-0.39, 0.29) is 5.54 Å². The third kappa shape index (κ3) is 5.20. The van der Waals surface area contributed by atoms with Crippen molar-refractivity contribution < 1.29 is 0 Å². The standard InChI is InChI=1S/C34H36N8/c1-19-14-26-30(38-28(39-31(26)36-19)21-10-7-6-8-11-21)35-18-24-17-25(24)22-12-9-13-23(16-22)29-40-32-27(15-20(2)37-32)33(41-29)42-34(3,4)5/h6-16,24-25H,17-18H2,1-5H3,(H2,35,36,38,39)(H2,37,40,41,42). The summed E-state index contributed by atoms with van der Waals surface area (Å²) in [6.07, 6.45) is 1.13. The fraction of sp³-hybridized carbons (Fsp3) is 0.294. The van der Waals surface area contributed by atoms with Gasteiger partial charge in [0.05, 0.1) is 10.8 Å². The van der Waals surface area contributed by atoms with Crippen LogP contribution in [-0.2, 0) is 0 Å². The molecule has 1 fully saturated rings. The van der Waals surface area contributed by atoms with Gasteiger partial charge in [0.15, 0.2) is 11.6 Å². The molecule has 1 aliphatic carbocycles. The Morgan fingerprint density at radius 1 is 0.738 bits per heavy atom. The fourth-order valence-corrected chi connectivity index (χ4v) is 5.73. The second-order valence-electron chi connectivity index (χ2n) is 12.6. The molecule has 6 aromatic rings. The van der Waals surface area contributed by atoms with Crippen molar-refractivity contribution >= 4 is 33.7 Å². The van der Waals surface area contributed by atoms with E-state index in [0.717, 1.165) is 80.8 Å². The maximum Gasteiger partial charge on any atom is 0.163 e. The lowest BCUT2D eigenvalue weighted by Crippen LogP contribution is -2.27. The number of aromatic amines is 2. The van der Waals surface area contributed by atoms with Gasteiger partial charge in [0.25, 0.3) is 0 Å². The van der Waals surface area contributed by atoms with E-state index in [1.807, 2.05) is 30.3 Å². The Hall–Kier alpha value is -4.72. The lowest BCUT2D eigenvalue weighted by atomic mass is 10.0. The van der Waals surface area contributed by atoms with Crippen molar-refractivity contribution in [3.8, 4) is 22.8 Å². The number of hydrogen-bond donors (Lipinski definition) is 4. The summed E-state index contributed by atoms with van der Waals surface area (Å²) in [4.78, 5) is 26.4. The van der Waals surface area contributed by atoms with Gasteiger partial charge in [-0.15, -0.1) is 0 Å². The summed E-state index contributed by atoms with van der Waals surface area (Å²) in [6.45, 7) is 11.4. The number of nitrogens with zero attached hydrogens (tertiary/aromatic N) is 4. The molecule has 212 valence electrons. The number of benzene rings is 2. The first-order chi connectivity index (χ1) is 20.2. The predicted octanol–water partition coefficient (Wildman–Crippen LogP) is 7.61. The number of aryl methyl sites for hydroxylation is 2. The van der Waals surface area contributed by atoms with Gasteiger partial charge in [0.2, 0.25) is 0 Å². The average Bonchev–Trinajstić information content (AvgIpc) is 3.48. The Balaban J connectivity index is 1.12. The van der Waals surface area contributed by atoms with Crippen LogP contribution in [0.3, 0.4) is 0 Å². The number of anilines is 2. The summed E-state index contributed by atoms with van der Waals surface area (Å²) in [5.74, 6) is 4.20. The molecule has 4 aromatic heterocycles. The van der Waals surface area contributed by atoms with E-state index < -0.39 is 0 Å². The summed E-state index contributed by atoms with van der Waals surface area (Å²) in [5, 5.41) is 9.28. The molecule has 0 saturated heterocycles. The van der Waals surface area contributed by atoms with Crippen LogP contribution in [0.5, 0.6) is 0 Å². The Kier molecular flexibility index (Phi) is 6.22. The van der Waals surface area contributed by atoms with Crippen molar-refractivity contribution in [2.45, 2.75) is 52.5 Å². The molecule has 0 amide bonds. The highest BCUT2D eigenvalue weighted by Crippen LogP contribution is 2.48. The van der Waals surface area contributed by atoms with Gasteiger partial charge in [-0.05, 0) is 76.6 Å². The normalized spacial score (nSPS) is 16.7. The first kappa shape index (κ1) is 26.2. The van der Waals surface area contributed by atoms with E-state index in [4.69, 9.17) is 19.9 Å². The fourth-order valence-electron chi connectivity index (χ4n) is 5.73. The highest BCUT2D eigenvalue weighted by atomic mass is 15.1. The quantitative estimate of drug-likeness (QED) is 0.161. The van der Waals surface area contributed by atoms with Gasteiger partial charge < -0.3 is 20.6 Å². The lowest BCUT2D eigenvalue weighted by molar-refractivity contribution is 0.631. The molecule has 8 nitrogen and oxygen atoms in total. The number of rotatable bonds is 7. The number of fused-ring (bicyclic) bond motifs is 2. The zero-order valence-corrected chi connectivity index (χ0v) is 24.7. The SMILES string of the molecule is Cc1cc2c(NCC3CC3c3cccc(-c4nc(NC(C)(C)C)c5cc(C)[nH]c5n4)c3)nc(-c3ccccc3)nc2[nH]1. The molecule has 2 atom stereocenters. The van der Waals surface area contributed by atoms with Crippen molar-refractivity contribution in [2.24, 2.45) is 5.92 Å². The van der Waals surface area contributed by atoms with Gasteiger partial charge in [-0.25, -0.2) is 19.9 Å². The van der Waals surface area contributed by atoms with Crippen LogP contribution in [0, 0.1) is 19.8 Å². The number of hydrogen-bond acceptors (Lipinski definition) is 6. The van der Waals surface area contributed by atoms with Gasteiger partial charge in [0.1, 0.15) is 22.9 Å². The molecule has 42 heavy (non-hydrogen) atoms. The molecule has 0 bridgehead atoms. The monoisotopic (exact) mass is 556 g/mol. The maximum atomic E-state index is 4.98. The largest absolute Gasteiger partial charge is 0.369 e. The second-order valence-corrected chi connectivity index (χ2v) is 12.6. The second kappa shape index (κ2) is 9.98. The van der Waals surface area contributed by atoms with Crippen LogP contribution in [0.1, 0.15) is 50.1 Å². The van der Waals surface area contributed by atoms with Crippen molar-refractivity contribution in [3.05, 3.63) is 83.7 Å². The van der Waals surface area contributed by atoms with Crippen molar-refractivity contribution in [2.75, 3.05) is 17.2 Å². The minimum Gasteiger partial charge on any atom is -0.369 e. The van der Waals surface area contributed by atoms with E-state index in [9.17, 15) is 0 Å². The van der Waals surface area contributed by atoms with E-state index >= 15 is 0 Å². The zero-order chi connectivity index (χ0) is 29.0. The van der Waals surface area contributed by atoms with Crippen LogP contribution < -0.4 is 10.6 Å². The van der Waals surface area contributed by atoms with Crippen LogP contribution in [0.15, 0.2) is 66.7 Å². The van der Waals surface area contributed by atoms with Crippen LogP contribution in [0.25, 0.3) is 44.8 Å². The summed E-state index contributed by atoms with van der Waals surface area (Å²) >= 11 is 0. The molecule has 1 aliphatic rings. The third-order valence-corrected chi connectivity index (χ3v) is 7.80. The minimum absolute atomic E-state index is 0.115. The van der Waals surface area contributed by atoms with Gasteiger partial charge in [0, 0.05) is 34.6 Å². The number of nitrogens with one attached hydrogen (secondary N) is 4. The summed E-state index contributed by atoms with van der Waals surface area (Å²) in [6, 6.07) is 23.1. The molecule has 4 heterocycles. The third-order valence-electron chi connectivity index (χ3n) is 7.80. The van der Waals surface area contributed by atoms with Gasteiger partial charge in [-0.3, -0.25) is 0 Å². The number of H-pyrrole nitrogens is 2. The molecule has 1 saturated carbocycles. The topological polar surface area (TPSA) is 107 Å². The molecule has 7 rings (SSSR count). The number of aromatic nitrogens is 6. The smallest absolute Gasteiger partial charge is 0.163 e. The average molecular weight is 557 g/mol. The molecule has 4 N–H and O–H groups in total. The summed E-state index contributed by atoms with van der Waals surface area (Å²) < 4.78 is 0. The molecule has 2 aromatic carbocycles. The van der Waals surface area contributed by atoms with Crippen LogP contribution in [-0.4, -0.2) is 42.0 Å². The highest BCUT2D eigenvalue weighted by molar-refractivity contribution is 5.90. The van der Waals surface area contributed by atoms with Gasteiger partial charge in [-0.2, -0.15) is 0 Å². The summed E-state index contributed by atoms with van der Waals surface area (Å²) in [7, 11) is 0. The first-order valence-electron chi connectivity index (χ1n) is 14.6. The van der Waals surface area contributed by atoms with Crippen molar-refractivity contribution in [3.63, 3.8) is 0 Å². The molecule has 8 heteroatoms. The Labute approximate surface area is 245 Å². The van der Waals surface area contributed by atoms with Gasteiger partial charge >= 0.3 is 0 Å². The zero-order valence-electron chi connectivity index (χ0n) is 24.7. The van der Waals surface area contributed by atoms with Crippen LogP contribution in [0.2, 0.25) is 0 Å². The molecule has 0 radical (unpaired) electrons.